The molecule has 6 heteroatoms. The maximum Gasteiger partial charge on any atom is 0.302 e. The molecule has 0 N–H and O–H groups in total. The van der Waals surface area contributed by atoms with Crippen LogP contribution < -0.4 is 0 Å². The van der Waals surface area contributed by atoms with E-state index in [4.69, 9.17) is 9.57 Å². The second kappa shape index (κ2) is 16.5. The minimum Gasteiger partial charge on any atom is -0.463 e. The van der Waals surface area contributed by atoms with Gasteiger partial charge in [0.2, 0.25) is 0 Å². The number of hydrogen-bond donors (Lipinski definition) is 0. The molecule has 0 saturated carbocycles. The van der Waals surface area contributed by atoms with Crippen LogP contribution in [-0.2, 0) is 14.4 Å². The highest BCUT2D eigenvalue weighted by atomic mass is 19.1. The summed E-state index contributed by atoms with van der Waals surface area (Å²) in [5.74, 6) is -1.35. The number of rotatable bonds is 4. The quantitative estimate of drug-likeness (QED) is 0.619. The topological polar surface area (TPSA) is 47.9 Å². The summed E-state index contributed by atoms with van der Waals surface area (Å²) in [6.07, 6.45) is 2.52. The van der Waals surface area contributed by atoms with E-state index in [2.05, 4.69) is 5.16 Å². The monoisotopic (exact) mass is 373 g/mol. The van der Waals surface area contributed by atoms with E-state index >= 15 is 0 Å². The first kappa shape index (κ1) is 26.3. The third-order valence-corrected chi connectivity index (χ3v) is 3.09. The van der Waals surface area contributed by atoms with Crippen LogP contribution >= 0.6 is 0 Å². The van der Waals surface area contributed by atoms with Gasteiger partial charge in [0.05, 0.1) is 5.71 Å². The van der Waals surface area contributed by atoms with Crippen molar-refractivity contribution >= 4 is 11.7 Å². The number of esters is 1. The van der Waals surface area contributed by atoms with Gasteiger partial charge in [-0.15, -0.1) is 0 Å². The SMILES string of the molecule is CC.CC.CCC(CC)OC(C)=O.Fc1ccc(C2=NOCC2)c(F)c1. The van der Waals surface area contributed by atoms with Crippen LogP contribution in [-0.4, -0.2) is 24.4 Å². The molecule has 0 saturated heterocycles. The molecule has 1 heterocycles. The standard InChI is InChI=1S/C9H7F2NO.C7H14O2.2C2H6/c10-6-1-2-7(8(11)5-6)9-3-4-13-12-9;1-4-7(5-2)9-6(3)8;2*1-2/h1-2,5H,3-4H2;7H,4-5H2,1-3H3;2*1-2H3. The Hall–Kier alpha value is -1.98. The van der Waals surface area contributed by atoms with Crippen molar-refractivity contribution < 1.29 is 23.1 Å². The third-order valence-electron chi connectivity index (χ3n) is 3.09. The first-order chi connectivity index (χ1) is 12.5. The molecule has 1 aromatic carbocycles. The lowest BCUT2D eigenvalue weighted by atomic mass is 10.1. The Morgan fingerprint density at radius 3 is 2.12 bits per heavy atom. The van der Waals surface area contributed by atoms with Crippen molar-refractivity contribution in [2.45, 2.75) is 73.8 Å². The predicted molar refractivity (Wildman–Crippen MR) is 102 cm³/mol. The molecule has 0 radical (unpaired) electrons. The van der Waals surface area contributed by atoms with Gasteiger partial charge in [0, 0.05) is 25.0 Å². The summed E-state index contributed by atoms with van der Waals surface area (Å²) in [5.41, 5.74) is 0.858. The first-order valence-corrected chi connectivity index (χ1v) is 9.29. The average molecular weight is 373 g/mol. The Bertz CT molecular complexity index is 530. The molecule has 1 aliphatic rings. The van der Waals surface area contributed by atoms with Crippen molar-refractivity contribution in [3.63, 3.8) is 0 Å². The van der Waals surface area contributed by atoms with Gasteiger partial charge >= 0.3 is 5.97 Å². The van der Waals surface area contributed by atoms with Crippen molar-refractivity contribution in [3.8, 4) is 0 Å². The molecule has 2 rings (SSSR count). The Morgan fingerprint density at radius 1 is 1.19 bits per heavy atom. The fraction of sp³-hybridized carbons (Fsp3) is 0.600. The van der Waals surface area contributed by atoms with Gasteiger partial charge in [0.15, 0.2) is 0 Å². The highest BCUT2D eigenvalue weighted by Crippen LogP contribution is 2.15. The Morgan fingerprint density at radius 2 is 1.77 bits per heavy atom. The number of benzene rings is 1. The summed E-state index contributed by atoms with van der Waals surface area (Å²) in [6.45, 7) is 13.9. The average Bonchev–Trinajstić information content (AvgIpc) is 3.18. The van der Waals surface area contributed by atoms with Crippen LogP contribution in [0.15, 0.2) is 23.4 Å². The number of ether oxygens (including phenoxy) is 1. The molecular weight excluding hydrogens is 340 g/mol. The van der Waals surface area contributed by atoms with Crippen molar-refractivity contribution in [3.05, 3.63) is 35.4 Å². The van der Waals surface area contributed by atoms with E-state index in [1.807, 2.05) is 41.5 Å². The van der Waals surface area contributed by atoms with Gasteiger partial charge in [0.1, 0.15) is 24.3 Å². The summed E-state index contributed by atoms with van der Waals surface area (Å²) < 4.78 is 30.6. The third kappa shape index (κ3) is 10.8. The molecule has 4 nitrogen and oxygen atoms in total. The predicted octanol–water partition coefficient (Wildman–Crippen LogP) is 5.88. The second-order valence-corrected chi connectivity index (χ2v) is 4.79. The van der Waals surface area contributed by atoms with Crippen LogP contribution in [0.2, 0.25) is 0 Å². The fourth-order valence-corrected chi connectivity index (χ4v) is 1.91. The van der Waals surface area contributed by atoms with Crippen molar-refractivity contribution in [2.24, 2.45) is 5.16 Å². The highest BCUT2D eigenvalue weighted by Gasteiger charge is 2.15. The van der Waals surface area contributed by atoms with E-state index in [1.165, 1.54) is 19.1 Å². The minimum absolute atomic E-state index is 0.127. The molecule has 0 amide bonds. The summed E-state index contributed by atoms with van der Waals surface area (Å²) in [4.78, 5) is 15.1. The maximum absolute atomic E-state index is 13.1. The van der Waals surface area contributed by atoms with Gasteiger partial charge in [-0.3, -0.25) is 4.79 Å². The smallest absolute Gasteiger partial charge is 0.302 e. The van der Waals surface area contributed by atoms with Crippen molar-refractivity contribution in [1.82, 2.24) is 0 Å². The van der Waals surface area contributed by atoms with Crippen LogP contribution in [0.4, 0.5) is 8.78 Å². The number of carbonyl (C=O) groups is 1. The lowest BCUT2D eigenvalue weighted by Crippen LogP contribution is -2.13. The zero-order valence-electron chi connectivity index (χ0n) is 17.1. The van der Waals surface area contributed by atoms with E-state index in [0.717, 1.165) is 18.9 Å². The van der Waals surface area contributed by atoms with Gasteiger partial charge in [-0.2, -0.15) is 0 Å². The van der Waals surface area contributed by atoms with E-state index in [0.29, 0.717) is 24.3 Å². The molecule has 26 heavy (non-hydrogen) atoms. The van der Waals surface area contributed by atoms with E-state index in [9.17, 15) is 13.6 Å². The number of halogens is 2. The van der Waals surface area contributed by atoms with Gasteiger partial charge < -0.3 is 9.57 Å². The summed E-state index contributed by atoms with van der Waals surface area (Å²) >= 11 is 0. The van der Waals surface area contributed by atoms with E-state index in [-0.39, 0.29) is 12.1 Å². The number of nitrogens with zero attached hydrogens (tertiary/aromatic N) is 1. The Kier molecular flexibility index (Phi) is 16.6. The largest absolute Gasteiger partial charge is 0.463 e. The highest BCUT2D eigenvalue weighted by molar-refractivity contribution is 6.01. The van der Waals surface area contributed by atoms with Gasteiger partial charge in [-0.25, -0.2) is 8.78 Å². The molecule has 150 valence electrons. The fourth-order valence-electron chi connectivity index (χ4n) is 1.91. The van der Waals surface area contributed by atoms with Gasteiger partial charge in [-0.1, -0.05) is 46.7 Å². The lowest BCUT2D eigenvalue weighted by Gasteiger charge is -2.11. The molecule has 1 aliphatic heterocycles. The van der Waals surface area contributed by atoms with Crippen LogP contribution in [0, 0.1) is 11.6 Å². The Labute approximate surface area is 156 Å². The van der Waals surface area contributed by atoms with Gasteiger partial charge in [0.25, 0.3) is 0 Å². The normalized spacial score (nSPS) is 11.5. The van der Waals surface area contributed by atoms with Crippen LogP contribution in [0.1, 0.15) is 73.3 Å². The van der Waals surface area contributed by atoms with Crippen molar-refractivity contribution in [2.75, 3.05) is 6.61 Å². The van der Waals surface area contributed by atoms with Gasteiger partial charge in [-0.05, 0) is 25.0 Å². The van der Waals surface area contributed by atoms with Crippen molar-refractivity contribution in [1.29, 1.82) is 0 Å². The molecular formula is C20H33F2NO3. The van der Waals surface area contributed by atoms with E-state index in [1.54, 1.807) is 0 Å². The first-order valence-electron chi connectivity index (χ1n) is 9.29. The molecule has 1 aromatic rings. The molecule has 0 aromatic heterocycles. The minimum atomic E-state index is -0.593. The molecule has 0 unspecified atom stereocenters. The summed E-state index contributed by atoms with van der Waals surface area (Å²) in [6, 6.07) is 3.42. The van der Waals surface area contributed by atoms with Crippen LogP contribution in [0.3, 0.4) is 0 Å². The zero-order chi connectivity index (χ0) is 20.5. The molecule has 0 atom stereocenters. The lowest BCUT2D eigenvalue weighted by molar-refractivity contribution is -0.146. The maximum atomic E-state index is 13.1. The number of oxime groups is 1. The number of carbonyl (C=O) groups excluding carboxylic acids is 1. The zero-order valence-corrected chi connectivity index (χ0v) is 17.1. The molecule has 0 bridgehead atoms. The molecule has 0 fully saturated rings. The summed E-state index contributed by atoms with van der Waals surface area (Å²) in [7, 11) is 0. The Balaban J connectivity index is 0. The van der Waals surface area contributed by atoms with Crippen LogP contribution in [0.25, 0.3) is 0 Å². The second-order valence-electron chi connectivity index (χ2n) is 4.79. The molecule has 0 spiro atoms. The van der Waals surface area contributed by atoms with E-state index < -0.39 is 11.6 Å². The van der Waals surface area contributed by atoms with Crippen LogP contribution in [0.5, 0.6) is 0 Å². The summed E-state index contributed by atoms with van der Waals surface area (Å²) in [5, 5.41) is 3.65. The molecule has 0 aliphatic carbocycles. The number of hydrogen-bond acceptors (Lipinski definition) is 4.